The molecule has 0 saturated heterocycles. The van der Waals surface area contributed by atoms with Crippen LogP contribution in [0.25, 0.3) is 10.9 Å². The van der Waals surface area contributed by atoms with Crippen molar-refractivity contribution in [2.75, 3.05) is 11.9 Å². The Bertz CT molecular complexity index is 1070. The second-order valence-electron chi connectivity index (χ2n) is 6.27. The Morgan fingerprint density at radius 1 is 1.04 bits per heavy atom. The highest BCUT2D eigenvalue weighted by Gasteiger charge is 2.10. The van der Waals surface area contributed by atoms with Crippen molar-refractivity contribution in [1.29, 1.82) is 0 Å². The second kappa shape index (κ2) is 7.82. The summed E-state index contributed by atoms with van der Waals surface area (Å²) in [7, 11) is 0. The van der Waals surface area contributed by atoms with Gasteiger partial charge >= 0.3 is 0 Å². The van der Waals surface area contributed by atoms with Crippen molar-refractivity contribution >= 4 is 28.4 Å². The van der Waals surface area contributed by atoms with Crippen molar-refractivity contribution in [1.82, 2.24) is 14.9 Å². The fourth-order valence-corrected chi connectivity index (χ4v) is 2.69. The van der Waals surface area contributed by atoms with Crippen molar-refractivity contribution in [3.05, 3.63) is 70.3 Å². The molecule has 3 aromatic rings. The van der Waals surface area contributed by atoms with Crippen LogP contribution in [-0.2, 0) is 16.1 Å². The second-order valence-corrected chi connectivity index (χ2v) is 6.27. The summed E-state index contributed by atoms with van der Waals surface area (Å²) in [5.41, 5.74) is 3.04. The third kappa shape index (κ3) is 4.20. The molecule has 27 heavy (non-hydrogen) atoms. The normalized spacial score (nSPS) is 10.6. The topological polar surface area (TPSA) is 93.1 Å². The summed E-state index contributed by atoms with van der Waals surface area (Å²) in [6.45, 7) is 3.50. The number of hydrogen-bond donors (Lipinski definition) is 2. The smallest absolute Gasteiger partial charge is 0.261 e. The van der Waals surface area contributed by atoms with Crippen LogP contribution in [0.5, 0.6) is 0 Å². The minimum atomic E-state index is -0.440. The molecule has 0 fully saturated rings. The Morgan fingerprint density at radius 3 is 2.63 bits per heavy atom. The van der Waals surface area contributed by atoms with Gasteiger partial charge in [-0.25, -0.2) is 4.98 Å². The largest absolute Gasteiger partial charge is 0.345 e. The molecule has 0 unspecified atom stereocenters. The first kappa shape index (κ1) is 18.3. The van der Waals surface area contributed by atoms with Crippen molar-refractivity contribution in [3.63, 3.8) is 0 Å². The van der Waals surface area contributed by atoms with Crippen LogP contribution in [0.15, 0.2) is 53.6 Å². The van der Waals surface area contributed by atoms with Gasteiger partial charge in [-0.05, 0) is 43.2 Å². The van der Waals surface area contributed by atoms with Crippen molar-refractivity contribution in [2.24, 2.45) is 0 Å². The molecule has 1 heterocycles. The highest BCUT2D eigenvalue weighted by atomic mass is 16.2. The number of aromatic nitrogens is 2. The molecule has 7 nitrogen and oxygen atoms in total. The fraction of sp³-hybridized carbons (Fsp3) is 0.200. The lowest BCUT2D eigenvalue weighted by atomic mass is 10.1. The predicted molar refractivity (Wildman–Crippen MR) is 104 cm³/mol. The molecule has 0 bridgehead atoms. The first-order chi connectivity index (χ1) is 13.0. The molecule has 7 heteroatoms. The van der Waals surface area contributed by atoms with E-state index in [9.17, 15) is 14.4 Å². The van der Waals surface area contributed by atoms with E-state index >= 15 is 0 Å². The minimum absolute atomic E-state index is 0.179. The average Bonchev–Trinajstić information content (AvgIpc) is 2.66. The van der Waals surface area contributed by atoms with Crippen LogP contribution in [0.3, 0.4) is 0 Å². The van der Waals surface area contributed by atoms with E-state index in [-0.39, 0.29) is 24.6 Å². The Labute approximate surface area is 156 Å². The minimum Gasteiger partial charge on any atom is -0.345 e. The van der Waals surface area contributed by atoms with Crippen molar-refractivity contribution in [2.45, 2.75) is 20.4 Å². The van der Waals surface area contributed by atoms with Gasteiger partial charge in [0.1, 0.15) is 6.54 Å². The Balaban J connectivity index is 1.60. The van der Waals surface area contributed by atoms with Crippen LogP contribution in [0.2, 0.25) is 0 Å². The number of aryl methyl sites for hydroxylation is 1. The molecule has 0 aliphatic rings. The number of para-hydroxylation sites is 1. The Kier molecular flexibility index (Phi) is 5.30. The summed E-state index contributed by atoms with van der Waals surface area (Å²) in [5, 5.41) is 5.74. The summed E-state index contributed by atoms with van der Waals surface area (Å²) < 4.78 is 1.22. The summed E-state index contributed by atoms with van der Waals surface area (Å²) in [5.74, 6) is -0.772. The van der Waals surface area contributed by atoms with E-state index in [0.717, 1.165) is 11.1 Å². The molecule has 2 aromatic carbocycles. The van der Waals surface area contributed by atoms with Crippen molar-refractivity contribution in [3.8, 4) is 0 Å². The molecule has 1 aromatic heterocycles. The molecule has 3 rings (SSSR count). The van der Waals surface area contributed by atoms with Crippen LogP contribution in [0, 0.1) is 13.8 Å². The van der Waals surface area contributed by atoms with E-state index in [1.54, 1.807) is 24.3 Å². The molecule has 0 radical (unpaired) electrons. The predicted octanol–water partition coefficient (Wildman–Crippen LogP) is 1.77. The summed E-state index contributed by atoms with van der Waals surface area (Å²) in [6, 6.07) is 12.6. The summed E-state index contributed by atoms with van der Waals surface area (Å²) in [4.78, 5) is 40.7. The lowest BCUT2D eigenvalue weighted by Gasteiger charge is -2.11. The number of carbonyl (C=O) groups is 2. The number of carbonyl (C=O) groups excluding carboxylic acids is 2. The van der Waals surface area contributed by atoms with Gasteiger partial charge in [0.2, 0.25) is 11.8 Å². The third-order valence-electron chi connectivity index (χ3n) is 4.37. The first-order valence-corrected chi connectivity index (χ1v) is 8.52. The van der Waals surface area contributed by atoms with Gasteiger partial charge in [-0.15, -0.1) is 0 Å². The molecule has 0 aliphatic heterocycles. The van der Waals surface area contributed by atoms with Gasteiger partial charge in [0.05, 0.1) is 23.8 Å². The van der Waals surface area contributed by atoms with Gasteiger partial charge in [-0.3, -0.25) is 19.0 Å². The molecule has 0 spiro atoms. The van der Waals surface area contributed by atoms with Crippen LogP contribution >= 0.6 is 0 Å². The van der Waals surface area contributed by atoms with Gasteiger partial charge in [-0.2, -0.15) is 0 Å². The molecular weight excluding hydrogens is 344 g/mol. The van der Waals surface area contributed by atoms with Gasteiger partial charge < -0.3 is 10.6 Å². The van der Waals surface area contributed by atoms with E-state index in [1.165, 1.54) is 10.9 Å². The number of nitrogens with zero attached hydrogens (tertiary/aromatic N) is 2. The van der Waals surface area contributed by atoms with Gasteiger partial charge in [0.25, 0.3) is 5.56 Å². The Hall–Kier alpha value is -3.48. The van der Waals surface area contributed by atoms with Gasteiger partial charge in [-0.1, -0.05) is 24.3 Å². The molecule has 2 N–H and O–H groups in total. The van der Waals surface area contributed by atoms with Crippen LogP contribution in [0.1, 0.15) is 11.1 Å². The zero-order valence-electron chi connectivity index (χ0n) is 15.2. The quantitative estimate of drug-likeness (QED) is 0.722. The number of fused-ring (bicyclic) bond motifs is 1. The molecular formula is C20H20N4O3. The maximum absolute atomic E-state index is 12.4. The molecule has 0 atom stereocenters. The lowest BCUT2D eigenvalue weighted by molar-refractivity contribution is -0.124. The zero-order chi connectivity index (χ0) is 19.4. The molecule has 0 saturated carbocycles. The molecule has 138 valence electrons. The number of amides is 2. The average molecular weight is 364 g/mol. The highest BCUT2D eigenvalue weighted by Crippen LogP contribution is 2.17. The lowest BCUT2D eigenvalue weighted by Crippen LogP contribution is -2.37. The van der Waals surface area contributed by atoms with Crippen LogP contribution < -0.4 is 16.2 Å². The van der Waals surface area contributed by atoms with E-state index in [2.05, 4.69) is 15.6 Å². The number of benzene rings is 2. The monoisotopic (exact) mass is 364 g/mol. The van der Waals surface area contributed by atoms with Crippen LogP contribution in [-0.4, -0.2) is 27.9 Å². The van der Waals surface area contributed by atoms with Gasteiger partial charge in [0.15, 0.2) is 0 Å². The first-order valence-electron chi connectivity index (χ1n) is 8.52. The standard InChI is InChI=1S/C20H20N4O3/c1-13-6-5-9-16(14(13)2)23-18(25)10-21-19(26)11-24-12-22-17-8-4-3-7-15(17)20(24)27/h3-9,12H,10-11H2,1-2H3,(H,21,26)(H,23,25). The van der Waals surface area contributed by atoms with Crippen molar-refractivity contribution < 1.29 is 9.59 Å². The Morgan fingerprint density at radius 2 is 1.81 bits per heavy atom. The van der Waals surface area contributed by atoms with E-state index in [1.807, 2.05) is 32.0 Å². The van der Waals surface area contributed by atoms with Gasteiger partial charge in [0, 0.05) is 5.69 Å². The molecule has 2 amide bonds. The number of anilines is 1. The van der Waals surface area contributed by atoms with E-state index in [0.29, 0.717) is 16.6 Å². The third-order valence-corrected chi connectivity index (χ3v) is 4.37. The number of hydrogen-bond acceptors (Lipinski definition) is 4. The number of nitrogens with one attached hydrogen (secondary N) is 2. The summed E-state index contributed by atoms with van der Waals surface area (Å²) >= 11 is 0. The highest BCUT2D eigenvalue weighted by molar-refractivity contribution is 5.95. The SMILES string of the molecule is Cc1cccc(NC(=O)CNC(=O)Cn2cnc3ccccc3c2=O)c1C. The maximum atomic E-state index is 12.4. The maximum Gasteiger partial charge on any atom is 0.261 e. The number of rotatable bonds is 5. The summed E-state index contributed by atoms with van der Waals surface area (Å²) in [6.07, 6.45) is 1.33. The van der Waals surface area contributed by atoms with E-state index in [4.69, 9.17) is 0 Å². The van der Waals surface area contributed by atoms with E-state index < -0.39 is 5.91 Å². The zero-order valence-corrected chi connectivity index (χ0v) is 15.2. The van der Waals surface area contributed by atoms with Crippen LogP contribution in [0.4, 0.5) is 5.69 Å². The molecule has 0 aliphatic carbocycles. The fourth-order valence-electron chi connectivity index (χ4n) is 2.69.